The van der Waals surface area contributed by atoms with Crippen LogP contribution in [0.25, 0.3) is 0 Å². The SMILES string of the molecule is COCc1cncc(C(=O)N2CCCCC2C(=O)O)c1. The lowest BCUT2D eigenvalue weighted by atomic mass is 10.0. The van der Waals surface area contributed by atoms with E-state index in [1.54, 1.807) is 19.4 Å². The van der Waals surface area contributed by atoms with E-state index in [4.69, 9.17) is 4.74 Å². The molecule has 20 heavy (non-hydrogen) atoms. The molecule has 2 rings (SSSR count). The average molecular weight is 278 g/mol. The number of nitrogens with zero attached hydrogens (tertiary/aromatic N) is 2. The molecule has 1 aromatic rings. The highest BCUT2D eigenvalue weighted by Crippen LogP contribution is 2.20. The lowest BCUT2D eigenvalue weighted by molar-refractivity contribution is -0.143. The minimum absolute atomic E-state index is 0.275. The van der Waals surface area contributed by atoms with Crippen molar-refractivity contribution >= 4 is 11.9 Å². The van der Waals surface area contributed by atoms with Crippen molar-refractivity contribution in [2.45, 2.75) is 31.9 Å². The number of ether oxygens (including phenoxy) is 1. The Morgan fingerprint density at radius 2 is 2.25 bits per heavy atom. The third-order valence-corrected chi connectivity index (χ3v) is 3.40. The summed E-state index contributed by atoms with van der Waals surface area (Å²) in [6, 6.07) is 0.967. The van der Waals surface area contributed by atoms with Crippen LogP contribution in [0.1, 0.15) is 35.2 Å². The Kier molecular flexibility index (Phi) is 4.68. The zero-order chi connectivity index (χ0) is 14.5. The molecule has 1 unspecified atom stereocenters. The number of pyridine rings is 1. The number of aliphatic carboxylic acids is 1. The molecule has 1 aromatic heterocycles. The predicted molar refractivity (Wildman–Crippen MR) is 71.3 cm³/mol. The Morgan fingerprint density at radius 3 is 2.95 bits per heavy atom. The van der Waals surface area contributed by atoms with Gasteiger partial charge in [0.15, 0.2) is 0 Å². The van der Waals surface area contributed by atoms with Gasteiger partial charge in [0.1, 0.15) is 6.04 Å². The Balaban J connectivity index is 2.20. The number of carboxylic acid groups (broad SMARTS) is 1. The normalized spacial score (nSPS) is 18.9. The average Bonchev–Trinajstić information content (AvgIpc) is 2.47. The number of hydrogen-bond acceptors (Lipinski definition) is 4. The number of carboxylic acids is 1. The van der Waals surface area contributed by atoms with Crippen LogP contribution in [0.5, 0.6) is 0 Å². The predicted octanol–water partition coefficient (Wildman–Crippen LogP) is 1.31. The van der Waals surface area contributed by atoms with E-state index >= 15 is 0 Å². The highest BCUT2D eigenvalue weighted by Gasteiger charge is 2.32. The van der Waals surface area contributed by atoms with Crippen LogP contribution in [0, 0.1) is 0 Å². The number of amides is 1. The van der Waals surface area contributed by atoms with Crippen LogP contribution in [-0.4, -0.2) is 46.6 Å². The minimum Gasteiger partial charge on any atom is -0.480 e. The van der Waals surface area contributed by atoms with Crippen LogP contribution in [0.3, 0.4) is 0 Å². The van der Waals surface area contributed by atoms with Crippen molar-refractivity contribution in [3.8, 4) is 0 Å². The van der Waals surface area contributed by atoms with Crippen LogP contribution in [0.4, 0.5) is 0 Å². The first-order chi connectivity index (χ1) is 9.63. The maximum atomic E-state index is 12.5. The first-order valence-corrected chi connectivity index (χ1v) is 6.60. The van der Waals surface area contributed by atoms with Gasteiger partial charge in [0.25, 0.3) is 5.91 Å². The van der Waals surface area contributed by atoms with E-state index in [1.165, 1.54) is 11.1 Å². The fourth-order valence-electron chi connectivity index (χ4n) is 2.45. The molecule has 1 aliphatic heterocycles. The second kappa shape index (κ2) is 6.47. The summed E-state index contributed by atoms with van der Waals surface area (Å²) in [5, 5.41) is 9.21. The lowest BCUT2D eigenvalue weighted by Gasteiger charge is -2.32. The van der Waals surface area contributed by atoms with Gasteiger partial charge in [-0.1, -0.05) is 0 Å². The molecule has 0 radical (unpaired) electrons. The molecule has 6 nitrogen and oxygen atoms in total. The van der Waals surface area contributed by atoms with Gasteiger partial charge in [0, 0.05) is 26.0 Å². The molecular weight excluding hydrogens is 260 g/mol. The summed E-state index contributed by atoms with van der Waals surface area (Å²) in [7, 11) is 1.57. The number of methoxy groups -OCH3 is 1. The molecule has 0 saturated carbocycles. The topological polar surface area (TPSA) is 79.7 Å². The molecule has 1 N–H and O–H groups in total. The van der Waals surface area contributed by atoms with Crippen molar-refractivity contribution < 1.29 is 19.4 Å². The number of carbonyl (C=O) groups excluding carboxylic acids is 1. The Bertz CT molecular complexity index is 504. The number of likely N-dealkylation sites (tertiary alicyclic amines) is 1. The van der Waals surface area contributed by atoms with E-state index < -0.39 is 12.0 Å². The maximum Gasteiger partial charge on any atom is 0.326 e. The maximum absolute atomic E-state index is 12.5. The molecular formula is C14H18N2O4. The van der Waals surface area contributed by atoms with E-state index in [2.05, 4.69) is 4.98 Å². The van der Waals surface area contributed by atoms with Crippen molar-refractivity contribution in [2.75, 3.05) is 13.7 Å². The van der Waals surface area contributed by atoms with Crippen LogP contribution in [0.2, 0.25) is 0 Å². The number of hydrogen-bond donors (Lipinski definition) is 1. The molecule has 0 bridgehead atoms. The number of rotatable bonds is 4. The van der Waals surface area contributed by atoms with Gasteiger partial charge in [-0.25, -0.2) is 4.79 Å². The quantitative estimate of drug-likeness (QED) is 0.898. The number of piperidine rings is 1. The molecule has 0 aliphatic carbocycles. The third-order valence-electron chi connectivity index (χ3n) is 3.40. The summed E-state index contributed by atoms with van der Waals surface area (Å²) in [5.41, 5.74) is 1.20. The molecule has 1 fully saturated rings. The fourth-order valence-corrected chi connectivity index (χ4v) is 2.45. The van der Waals surface area contributed by atoms with Crippen molar-refractivity contribution in [2.24, 2.45) is 0 Å². The molecule has 1 amide bonds. The lowest BCUT2D eigenvalue weighted by Crippen LogP contribution is -2.48. The summed E-state index contributed by atoms with van der Waals surface area (Å²) >= 11 is 0. The highest BCUT2D eigenvalue weighted by molar-refractivity contribution is 5.96. The largest absolute Gasteiger partial charge is 0.480 e. The number of carbonyl (C=O) groups is 2. The molecule has 1 aliphatic rings. The smallest absolute Gasteiger partial charge is 0.326 e. The van der Waals surface area contributed by atoms with Crippen LogP contribution >= 0.6 is 0 Å². The molecule has 1 atom stereocenters. The summed E-state index contributed by atoms with van der Waals surface area (Å²) in [4.78, 5) is 29.1. The molecule has 2 heterocycles. The van der Waals surface area contributed by atoms with Gasteiger partial charge in [-0.15, -0.1) is 0 Å². The third kappa shape index (κ3) is 3.14. The van der Waals surface area contributed by atoms with Gasteiger partial charge in [-0.2, -0.15) is 0 Å². The summed E-state index contributed by atoms with van der Waals surface area (Å²) < 4.78 is 5.01. The summed E-state index contributed by atoms with van der Waals surface area (Å²) in [6.45, 7) is 0.848. The van der Waals surface area contributed by atoms with E-state index in [9.17, 15) is 14.7 Å². The molecule has 0 aromatic carbocycles. The Labute approximate surface area is 117 Å². The highest BCUT2D eigenvalue weighted by atomic mass is 16.5. The number of aromatic nitrogens is 1. The molecule has 6 heteroatoms. The van der Waals surface area contributed by atoms with Gasteiger partial charge in [0.05, 0.1) is 12.2 Å². The first kappa shape index (κ1) is 14.5. The fraction of sp³-hybridized carbons (Fsp3) is 0.500. The zero-order valence-corrected chi connectivity index (χ0v) is 11.4. The molecule has 0 spiro atoms. The van der Waals surface area contributed by atoms with E-state index in [-0.39, 0.29) is 5.91 Å². The molecule has 108 valence electrons. The van der Waals surface area contributed by atoms with E-state index in [0.717, 1.165) is 18.4 Å². The van der Waals surface area contributed by atoms with Crippen molar-refractivity contribution in [1.82, 2.24) is 9.88 Å². The van der Waals surface area contributed by atoms with E-state index in [0.29, 0.717) is 25.1 Å². The van der Waals surface area contributed by atoms with Crippen LogP contribution in [0.15, 0.2) is 18.5 Å². The van der Waals surface area contributed by atoms with Gasteiger partial charge < -0.3 is 14.7 Å². The van der Waals surface area contributed by atoms with Crippen molar-refractivity contribution in [3.05, 3.63) is 29.6 Å². The second-order valence-corrected chi connectivity index (χ2v) is 4.86. The molecule has 1 saturated heterocycles. The Morgan fingerprint density at radius 1 is 1.45 bits per heavy atom. The van der Waals surface area contributed by atoms with E-state index in [1.807, 2.05) is 0 Å². The summed E-state index contributed by atoms with van der Waals surface area (Å²) in [5.74, 6) is -1.22. The second-order valence-electron chi connectivity index (χ2n) is 4.86. The van der Waals surface area contributed by atoms with Crippen molar-refractivity contribution in [3.63, 3.8) is 0 Å². The van der Waals surface area contributed by atoms with Gasteiger partial charge in [0.2, 0.25) is 0 Å². The Hall–Kier alpha value is -1.95. The van der Waals surface area contributed by atoms with Gasteiger partial charge >= 0.3 is 5.97 Å². The first-order valence-electron chi connectivity index (χ1n) is 6.60. The zero-order valence-electron chi connectivity index (χ0n) is 11.4. The van der Waals surface area contributed by atoms with Crippen LogP contribution in [-0.2, 0) is 16.1 Å². The van der Waals surface area contributed by atoms with Gasteiger partial charge in [-0.3, -0.25) is 9.78 Å². The minimum atomic E-state index is -0.945. The van der Waals surface area contributed by atoms with Gasteiger partial charge in [-0.05, 0) is 30.9 Å². The monoisotopic (exact) mass is 278 g/mol. The van der Waals surface area contributed by atoms with Crippen molar-refractivity contribution in [1.29, 1.82) is 0 Å². The van der Waals surface area contributed by atoms with Crippen LogP contribution < -0.4 is 0 Å². The summed E-state index contributed by atoms with van der Waals surface area (Å²) in [6.07, 6.45) is 5.27. The standard InChI is InChI=1S/C14H18N2O4/c1-20-9-10-6-11(8-15-7-10)13(17)16-5-3-2-4-12(16)14(18)19/h6-8,12H,2-5,9H2,1H3,(H,18,19).